The smallest absolute Gasteiger partial charge is 0.508 e. The van der Waals surface area contributed by atoms with Gasteiger partial charge in [-0.1, -0.05) is 93.6 Å². The second-order valence-electron chi connectivity index (χ2n) is 24.3. The minimum atomic E-state index is -4.76. The van der Waals surface area contributed by atoms with E-state index in [9.17, 15) is 60.4 Å². The lowest BCUT2D eigenvalue weighted by Gasteiger charge is -2.42. The Morgan fingerprint density at radius 2 is 0.716 bits per heavy atom. The summed E-state index contributed by atoms with van der Waals surface area (Å²) in [6.07, 6.45) is -8.73. The van der Waals surface area contributed by atoms with E-state index in [4.69, 9.17) is 14.2 Å². The van der Waals surface area contributed by atoms with Crippen LogP contribution >= 0.6 is 0 Å². The Labute approximate surface area is 510 Å². The molecule has 470 valence electrons. The lowest BCUT2D eigenvalue weighted by atomic mass is 9.79. The monoisotopic (exact) mass is 1220 g/mol. The molecule has 3 N–H and O–H groups in total. The summed E-state index contributed by atoms with van der Waals surface area (Å²) >= 11 is 0. The Hall–Kier alpha value is -7.86. The number of halogens is 7. The molecule has 0 aliphatic carbocycles. The SMILES string of the molecule is CC.CCC1(C)OC(C)(C)C(O)=C(c2cc(-c3ccc(C(F)(F)F)cc3)ccc2C)C1=O.Cc1ccc(-c2ccc(F)cc2)cc1C1=C(O)C(C)(C)OC(C)(C)C1=O.Cc1ccc(-c2ccc(OC(F)(F)F)cc2)cc1C1=C(O)C(C)(C)OC(C)(C)C1=O. The van der Waals surface area contributed by atoms with E-state index < -0.39 is 51.7 Å². The molecule has 10 nitrogen and oxygen atoms in total. The minimum absolute atomic E-state index is 0.0684. The highest BCUT2D eigenvalue weighted by Gasteiger charge is 2.51. The van der Waals surface area contributed by atoms with Gasteiger partial charge in [0.1, 0.15) is 62.5 Å². The number of alkyl halides is 6. The zero-order chi connectivity index (χ0) is 66.2. The fraction of sp³-hybridized carbons (Fsp3) is 0.366. The molecule has 0 fully saturated rings. The fourth-order valence-electron chi connectivity index (χ4n) is 10.8. The first kappa shape index (κ1) is 69.2. The number of hydrogen-bond donors (Lipinski definition) is 3. The Morgan fingerprint density at radius 1 is 0.420 bits per heavy atom. The van der Waals surface area contributed by atoms with Crippen LogP contribution in [0.2, 0.25) is 0 Å². The maximum Gasteiger partial charge on any atom is 0.573 e. The Bertz CT molecular complexity index is 3710. The van der Waals surface area contributed by atoms with Crippen molar-refractivity contribution in [3.05, 3.63) is 189 Å². The summed E-state index contributed by atoms with van der Waals surface area (Å²) < 4.78 is 110. The van der Waals surface area contributed by atoms with E-state index in [-0.39, 0.29) is 62.9 Å². The first-order valence-corrected chi connectivity index (χ1v) is 28.7. The van der Waals surface area contributed by atoms with Gasteiger partial charge in [0.05, 0.1) is 22.3 Å². The number of aliphatic hydroxyl groups excluding tert-OH is 3. The van der Waals surface area contributed by atoms with Crippen LogP contribution in [0.1, 0.15) is 142 Å². The lowest BCUT2D eigenvalue weighted by Crippen LogP contribution is -2.51. The van der Waals surface area contributed by atoms with Gasteiger partial charge in [0.15, 0.2) is 17.3 Å². The van der Waals surface area contributed by atoms with Crippen molar-refractivity contribution >= 4 is 34.1 Å². The number of benzene rings is 6. The van der Waals surface area contributed by atoms with Gasteiger partial charge in [-0.05, 0) is 225 Å². The summed E-state index contributed by atoms with van der Waals surface area (Å²) in [5.74, 6) is -1.89. The van der Waals surface area contributed by atoms with E-state index in [1.165, 1.54) is 48.5 Å². The van der Waals surface area contributed by atoms with E-state index in [1.54, 1.807) is 125 Å². The summed E-state index contributed by atoms with van der Waals surface area (Å²) in [7, 11) is 0. The van der Waals surface area contributed by atoms with Gasteiger partial charge < -0.3 is 34.3 Å². The van der Waals surface area contributed by atoms with Crippen molar-refractivity contribution in [1.82, 2.24) is 0 Å². The van der Waals surface area contributed by atoms with Crippen molar-refractivity contribution in [1.29, 1.82) is 0 Å². The van der Waals surface area contributed by atoms with Gasteiger partial charge in [-0.15, -0.1) is 13.2 Å². The quantitative estimate of drug-likeness (QED) is 0.126. The molecule has 0 saturated carbocycles. The maximum absolute atomic E-state index is 13.3. The number of ketones is 3. The minimum Gasteiger partial charge on any atom is -0.508 e. The molecule has 6 aromatic rings. The first-order valence-electron chi connectivity index (χ1n) is 28.7. The van der Waals surface area contributed by atoms with Crippen molar-refractivity contribution in [2.45, 2.75) is 170 Å². The number of hydrogen-bond acceptors (Lipinski definition) is 10. The molecule has 0 saturated heterocycles. The summed E-state index contributed by atoms with van der Waals surface area (Å²) in [5, 5.41) is 32.4. The third-order valence-electron chi connectivity index (χ3n) is 15.5. The van der Waals surface area contributed by atoms with E-state index in [0.717, 1.165) is 39.9 Å². The third-order valence-corrected chi connectivity index (χ3v) is 15.5. The van der Waals surface area contributed by atoms with Crippen LogP contribution in [-0.2, 0) is 34.8 Å². The van der Waals surface area contributed by atoms with Crippen LogP contribution in [-0.4, -0.2) is 72.6 Å². The van der Waals surface area contributed by atoms with Crippen LogP contribution in [0, 0.1) is 26.6 Å². The standard InChI is InChI=1S/C24H25F3O3.C23H23F3O4.C22H23FO3.C2H6/c1-6-23(5)21(29)19(20(28)22(3,4)30-23)18-13-16(8-7-14(18)2)15-9-11-17(12-10-15)24(25,26)27;1-13-6-7-15(14-8-10-16(11-9-14)29-23(24,25)26)12-17(13)18-19(27)21(2,3)30-22(4,5)20(18)28;1-13-6-7-15(14-8-10-16(23)11-9-14)12-17(13)18-19(24)21(2,3)26-22(4,5)20(18)25;1-2/h7-13,28H,6H2,1-5H3;6-12,27H,1-5H3;6-12,24H,1-5H3;1-2H3. The molecule has 6 aromatic carbocycles. The summed E-state index contributed by atoms with van der Waals surface area (Å²) in [5.41, 5.74) is 2.08. The second-order valence-corrected chi connectivity index (χ2v) is 24.3. The van der Waals surface area contributed by atoms with Crippen LogP contribution in [0.25, 0.3) is 50.1 Å². The predicted molar refractivity (Wildman–Crippen MR) is 329 cm³/mol. The van der Waals surface area contributed by atoms with Crippen LogP contribution in [0.5, 0.6) is 5.75 Å². The number of carbonyl (C=O) groups is 3. The number of rotatable bonds is 8. The molecular formula is C71H77F7O10. The molecule has 1 unspecified atom stereocenters. The van der Waals surface area contributed by atoms with Crippen molar-refractivity contribution in [3.8, 4) is 39.1 Å². The molecule has 0 aromatic heterocycles. The molecule has 0 amide bonds. The van der Waals surface area contributed by atoms with Crippen molar-refractivity contribution < 1.29 is 79.4 Å². The molecule has 3 aliphatic heterocycles. The van der Waals surface area contributed by atoms with Crippen molar-refractivity contribution in [2.75, 3.05) is 0 Å². The second kappa shape index (κ2) is 25.3. The van der Waals surface area contributed by atoms with Gasteiger partial charge in [0.25, 0.3) is 0 Å². The molecule has 0 spiro atoms. The van der Waals surface area contributed by atoms with E-state index >= 15 is 0 Å². The Morgan fingerprint density at radius 3 is 1.03 bits per heavy atom. The van der Waals surface area contributed by atoms with Crippen LogP contribution in [0.15, 0.2) is 145 Å². The zero-order valence-electron chi connectivity index (χ0n) is 52.7. The van der Waals surface area contributed by atoms with Gasteiger partial charge in [-0.3, -0.25) is 14.4 Å². The molecule has 17 heteroatoms. The third kappa shape index (κ3) is 14.8. The van der Waals surface area contributed by atoms with Crippen LogP contribution < -0.4 is 4.74 Å². The molecule has 9 rings (SSSR count). The average molecular weight is 1220 g/mol. The molecule has 1 atom stereocenters. The largest absolute Gasteiger partial charge is 0.573 e. The summed E-state index contributed by atoms with van der Waals surface area (Å²) in [6, 6.07) is 32.9. The highest BCUT2D eigenvalue weighted by Crippen LogP contribution is 2.46. The molecule has 3 heterocycles. The van der Waals surface area contributed by atoms with Crippen LogP contribution in [0.3, 0.4) is 0 Å². The van der Waals surface area contributed by atoms with E-state index in [2.05, 4.69) is 4.74 Å². The van der Waals surface area contributed by atoms with Gasteiger partial charge in [-0.25, -0.2) is 4.39 Å². The number of Topliss-reactive ketones (excluding diaryl/α,β-unsaturated/α-hetero) is 3. The highest BCUT2D eigenvalue weighted by molar-refractivity contribution is 6.27. The predicted octanol–water partition coefficient (Wildman–Crippen LogP) is 18.7. The highest BCUT2D eigenvalue weighted by atomic mass is 19.4. The molecule has 0 bridgehead atoms. The lowest BCUT2D eigenvalue weighted by molar-refractivity contribution is -0.274. The number of aliphatic hydroxyl groups is 3. The van der Waals surface area contributed by atoms with Crippen molar-refractivity contribution in [2.24, 2.45) is 0 Å². The van der Waals surface area contributed by atoms with Gasteiger partial charge in [0.2, 0.25) is 0 Å². The van der Waals surface area contributed by atoms with Crippen LogP contribution in [0.4, 0.5) is 30.7 Å². The molecule has 0 radical (unpaired) electrons. The molecule has 88 heavy (non-hydrogen) atoms. The first-order chi connectivity index (χ1) is 40.5. The number of carbonyl (C=O) groups excluding carboxylic acids is 3. The van der Waals surface area contributed by atoms with E-state index in [0.29, 0.717) is 45.4 Å². The summed E-state index contributed by atoms with van der Waals surface area (Å²) in [6.45, 7) is 30.1. The average Bonchev–Trinajstić information content (AvgIpc) is 2.83. The van der Waals surface area contributed by atoms with E-state index in [1.807, 2.05) is 59.7 Å². The zero-order valence-corrected chi connectivity index (χ0v) is 52.7. The number of ether oxygens (including phenoxy) is 4. The van der Waals surface area contributed by atoms with Crippen molar-refractivity contribution in [3.63, 3.8) is 0 Å². The van der Waals surface area contributed by atoms with Gasteiger partial charge >= 0.3 is 12.5 Å². The molecule has 3 aliphatic rings. The number of aryl methyl sites for hydroxylation is 3. The fourth-order valence-corrected chi connectivity index (χ4v) is 10.8. The topological polar surface area (TPSA) is 149 Å². The normalized spacial score (nSPS) is 19.4. The van der Waals surface area contributed by atoms with Gasteiger partial charge in [-0.2, -0.15) is 13.2 Å². The summed E-state index contributed by atoms with van der Waals surface area (Å²) in [4.78, 5) is 39.3. The Balaban J connectivity index is 0.000000208. The molecular weight excluding hydrogens is 1150 g/mol. The maximum atomic E-state index is 13.3. The Kier molecular flexibility index (Phi) is 19.9. The van der Waals surface area contributed by atoms with Gasteiger partial charge in [0, 0.05) is 0 Å².